The molecular weight excluding hydrogens is 279 g/mol. The van der Waals surface area contributed by atoms with E-state index in [2.05, 4.69) is 9.98 Å². The molecule has 1 aromatic heterocycles. The Morgan fingerprint density at radius 1 is 1.15 bits per heavy atom. The van der Waals surface area contributed by atoms with Crippen molar-refractivity contribution in [2.45, 2.75) is 0 Å². The topological polar surface area (TPSA) is 48.4 Å². The minimum Gasteiger partial charge on any atom is -0.494 e. The van der Waals surface area contributed by atoms with E-state index in [0.717, 1.165) is 10.9 Å². The lowest BCUT2D eigenvalue weighted by Crippen LogP contribution is -1.79. The van der Waals surface area contributed by atoms with Crippen LogP contribution in [-0.2, 0) is 0 Å². The van der Waals surface area contributed by atoms with Crippen molar-refractivity contribution in [1.29, 1.82) is 0 Å². The fraction of sp³-hybridized carbons (Fsp3) is 0. The third-order valence-corrected chi connectivity index (χ3v) is 3.18. The van der Waals surface area contributed by atoms with Gasteiger partial charge < -0.3 is 10.1 Å². The fourth-order valence-corrected chi connectivity index (χ4v) is 2.15. The molecule has 0 spiro atoms. The molecule has 0 atom stereocenters. The number of rotatable bonds is 2. The van der Waals surface area contributed by atoms with Crippen LogP contribution in [0.1, 0.15) is 5.56 Å². The Balaban J connectivity index is 2.02. The highest BCUT2D eigenvalue weighted by molar-refractivity contribution is 6.31. The normalized spacial score (nSPS) is 11.5. The molecule has 0 saturated carbocycles. The monoisotopic (exact) mass is 288 g/mol. The van der Waals surface area contributed by atoms with Gasteiger partial charge in [-0.1, -0.05) is 17.7 Å². The van der Waals surface area contributed by atoms with Gasteiger partial charge in [0.25, 0.3) is 0 Å². The maximum absolute atomic E-state index is 12.8. The Kier molecular flexibility index (Phi) is 3.16. The number of nitrogens with one attached hydrogen (secondary N) is 1. The predicted octanol–water partition coefficient (Wildman–Crippen LogP) is 4.42. The summed E-state index contributed by atoms with van der Waals surface area (Å²) in [5, 5.41) is 11.3. The van der Waals surface area contributed by atoms with Crippen LogP contribution in [0.4, 0.5) is 10.1 Å². The molecule has 0 unspecified atom stereocenters. The van der Waals surface area contributed by atoms with E-state index in [-0.39, 0.29) is 11.7 Å². The summed E-state index contributed by atoms with van der Waals surface area (Å²) in [5.74, 6) is -0.290. The highest BCUT2D eigenvalue weighted by Gasteiger charge is 2.08. The number of hydrogen-bond donors (Lipinski definition) is 2. The lowest BCUT2D eigenvalue weighted by atomic mass is 10.2. The van der Waals surface area contributed by atoms with Crippen LogP contribution in [0.2, 0.25) is 5.02 Å². The number of aromatic hydroxyl groups is 1. The molecule has 100 valence electrons. The van der Waals surface area contributed by atoms with Gasteiger partial charge in [0.1, 0.15) is 5.82 Å². The molecule has 0 saturated heterocycles. The van der Waals surface area contributed by atoms with E-state index in [9.17, 15) is 9.50 Å². The summed E-state index contributed by atoms with van der Waals surface area (Å²) in [4.78, 5) is 7.05. The van der Waals surface area contributed by atoms with Crippen molar-refractivity contribution in [2.24, 2.45) is 4.99 Å². The zero-order valence-electron chi connectivity index (χ0n) is 10.3. The molecule has 0 radical (unpaired) electrons. The van der Waals surface area contributed by atoms with Crippen LogP contribution in [0.3, 0.4) is 0 Å². The minimum atomic E-state index is -0.312. The highest BCUT2D eigenvalue weighted by Crippen LogP contribution is 2.28. The number of aromatic nitrogens is 1. The molecule has 0 amide bonds. The maximum Gasteiger partial charge on any atom is 0.198 e. The molecule has 3 nitrogen and oxygen atoms in total. The van der Waals surface area contributed by atoms with Crippen LogP contribution in [-0.4, -0.2) is 16.3 Å². The second kappa shape index (κ2) is 4.98. The molecular formula is C15H10ClFN2O. The molecule has 5 heteroatoms. The van der Waals surface area contributed by atoms with Crippen LogP contribution in [0.25, 0.3) is 10.9 Å². The van der Waals surface area contributed by atoms with Gasteiger partial charge in [-0.05, 0) is 36.4 Å². The van der Waals surface area contributed by atoms with E-state index >= 15 is 0 Å². The van der Waals surface area contributed by atoms with Gasteiger partial charge in [-0.25, -0.2) is 4.39 Å². The summed E-state index contributed by atoms with van der Waals surface area (Å²) in [7, 11) is 0. The van der Waals surface area contributed by atoms with E-state index in [0.29, 0.717) is 16.3 Å². The summed E-state index contributed by atoms with van der Waals surface area (Å²) in [6, 6.07) is 11.1. The molecule has 0 fully saturated rings. The molecule has 3 rings (SSSR count). The van der Waals surface area contributed by atoms with Gasteiger partial charge in [0.2, 0.25) is 0 Å². The van der Waals surface area contributed by atoms with Gasteiger partial charge in [0, 0.05) is 16.6 Å². The van der Waals surface area contributed by atoms with Crippen molar-refractivity contribution < 1.29 is 9.50 Å². The average Bonchev–Trinajstić information content (AvgIpc) is 2.73. The number of H-pyrrole nitrogens is 1. The predicted molar refractivity (Wildman–Crippen MR) is 78.6 cm³/mol. The molecule has 20 heavy (non-hydrogen) atoms. The van der Waals surface area contributed by atoms with Crippen molar-refractivity contribution in [3.63, 3.8) is 0 Å². The van der Waals surface area contributed by atoms with Crippen molar-refractivity contribution in [2.75, 3.05) is 0 Å². The quantitative estimate of drug-likeness (QED) is 0.674. The van der Waals surface area contributed by atoms with Crippen LogP contribution >= 0.6 is 11.6 Å². The Hall–Kier alpha value is -2.33. The molecule has 0 aliphatic carbocycles. The van der Waals surface area contributed by atoms with Crippen molar-refractivity contribution in [3.8, 4) is 5.88 Å². The second-order valence-electron chi connectivity index (χ2n) is 4.31. The Morgan fingerprint density at radius 2 is 1.90 bits per heavy atom. The van der Waals surface area contributed by atoms with Gasteiger partial charge in [-0.3, -0.25) is 4.99 Å². The largest absolute Gasteiger partial charge is 0.494 e. The molecule has 2 N–H and O–H groups in total. The first-order valence-corrected chi connectivity index (χ1v) is 6.31. The van der Waals surface area contributed by atoms with Crippen LogP contribution < -0.4 is 0 Å². The third kappa shape index (κ3) is 2.38. The lowest BCUT2D eigenvalue weighted by Gasteiger charge is -1.95. The summed E-state index contributed by atoms with van der Waals surface area (Å²) in [6.45, 7) is 0. The van der Waals surface area contributed by atoms with Crippen LogP contribution in [0, 0.1) is 5.82 Å². The van der Waals surface area contributed by atoms with Gasteiger partial charge >= 0.3 is 0 Å². The molecule has 0 bridgehead atoms. The maximum atomic E-state index is 12.8. The van der Waals surface area contributed by atoms with Crippen molar-refractivity contribution >= 4 is 34.4 Å². The summed E-state index contributed by atoms with van der Waals surface area (Å²) in [5.41, 5.74) is 1.91. The second-order valence-corrected chi connectivity index (χ2v) is 4.75. The van der Waals surface area contributed by atoms with Gasteiger partial charge in [-0.15, -0.1) is 0 Å². The minimum absolute atomic E-state index is 0.0214. The number of nitrogens with zero attached hydrogens (tertiary/aromatic N) is 1. The highest BCUT2D eigenvalue weighted by atomic mass is 35.5. The Morgan fingerprint density at radius 3 is 2.65 bits per heavy atom. The smallest absolute Gasteiger partial charge is 0.198 e. The number of benzene rings is 2. The zero-order chi connectivity index (χ0) is 14.1. The van der Waals surface area contributed by atoms with Gasteiger partial charge in [0.15, 0.2) is 5.88 Å². The zero-order valence-corrected chi connectivity index (χ0v) is 11.0. The van der Waals surface area contributed by atoms with Crippen LogP contribution in [0.5, 0.6) is 5.88 Å². The fourth-order valence-electron chi connectivity index (χ4n) is 1.97. The van der Waals surface area contributed by atoms with E-state index in [1.807, 2.05) is 0 Å². The standard InChI is InChI=1S/C15H10ClFN2O/c16-9-1-6-12-13(15(20)19-14(12)7-9)8-18-11-4-2-10(17)3-5-11/h1-8,19-20H. The molecule has 3 aromatic rings. The van der Waals surface area contributed by atoms with Crippen molar-refractivity contribution in [1.82, 2.24) is 4.98 Å². The van der Waals surface area contributed by atoms with Crippen molar-refractivity contribution in [3.05, 3.63) is 58.9 Å². The van der Waals surface area contributed by atoms with Crippen LogP contribution in [0.15, 0.2) is 47.5 Å². The van der Waals surface area contributed by atoms with E-state index in [1.165, 1.54) is 18.3 Å². The van der Waals surface area contributed by atoms with E-state index in [1.54, 1.807) is 30.3 Å². The number of halogens is 2. The molecule has 1 heterocycles. The molecule has 0 aliphatic rings. The Bertz CT molecular complexity index is 793. The summed E-state index contributed by atoms with van der Waals surface area (Å²) in [6.07, 6.45) is 1.54. The number of fused-ring (bicyclic) bond motifs is 1. The lowest BCUT2D eigenvalue weighted by molar-refractivity contribution is 0.457. The van der Waals surface area contributed by atoms with E-state index in [4.69, 9.17) is 11.6 Å². The summed E-state index contributed by atoms with van der Waals surface area (Å²) < 4.78 is 12.8. The van der Waals surface area contributed by atoms with Gasteiger partial charge in [0.05, 0.1) is 16.8 Å². The SMILES string of the molecule is Oc1[nH]c2cc(Cl)ccc2c1C=Nc1ccc(F)cc1. The third-order valence-electron chi connectivity index (χ3n) is 2.95. The summed E-state index contributed by atoms with van der Waals surface area (Å²) >= 11 is 5.90. The Labute approximate surface area is 119 Å². The van der Waals surface area contributed by atoms with E-state index < -0.39 is 0 Å². The number of aliphatic imine (C=N–C) groups is 1. The number of aromatic amines is 1. The van der Waals surface area contributed by atoms with Gasteiger partial charge in [-0.2, -0.15) is 0 Å². The first-order valence-electron chi connectivity index (χ1n) is 5.93. The number of hydrogen-bond acceptors (Lipinski definition) is 2. The first-order chi connectivity index (χ1) is 9.63. The first kappa shape index (κ1) is 12.7. The average molecular weight is 289 g/mol. The molecule has 2 aromatic carbocycles. The molecule has 0 aliphatic heterocycles.